The summed E-state index contributed by atoms with van der Waals surface area (Å²) in [5.41, 5.74) is 5.94. The summed E-state index contributed by atoms with van der Waals surface area (Å²) in [5, 5.41) is 3.00. The third-order valence-electron chi connectivity index (χ3n) is 3.86. The monoisotopic (exact) mass is 256 g/mol. The molecule has 4 heteroatoms. The van der Waals surface area contributed by atoms with Gasteiger partial charge in [0.1, 0.15) is 0 Å². The average molecular weight is 256 g/mol. The lowest BCUT2D eigenvalue weighted by Crippen LogP contribution is -2.42. The van der Waals surface area contributed by atoms with E-state index in [1.807, 2.05) is 13.8 Å². The quantitative estimate of drug-likeness (QED) is 0.730. The molecule has 1 amide bonds. The normalized spacial score (nSPS) is 20.4. The first kappa shape index (κ1) is 15.4. The fourth-order valence-corrected chi connectivity index (χ4v) is 2.76. The molecular formula is C14H28N2O2. The first-order valence-electron chi connectivity index (χ1n) is 7.19. The standard InChI is InChI=1S/C14H28N2O2/c1-3-18-10-12(2)16-13(17)9-14(11-15)7-5-4-6-8-14/h12H,3-11,15H2,1-2H3,(H,16,17). The van der Waals surface area contributed by atoms with E-state index in [2.05, 4.69) is 5.32 Å². The SMILES string of the molecule is CCOCC(C)NC(=O)CC1(CN)CCCCC1. The molecule has 1 rings (SSSR count). The molecule has 1 fully saturated rings. The second kappa shape index (κ2) is 7.74. The van der Waals surface area contributed by atoms with Crippen molar-refractivity contribution in [2.24, 2.45) is 11.1 Å². The van der Waals surface area contributed by atoms with Gasteiger partial charge >= 0.3 is 0 Å². The molecule has 0 aliphatic heterocycles. The number of nitrogens with two attached hydrogens (primary N) is 1. The van der Waals surface area contributed by atoms with Crippen molar-refractivity contribution in [1.82, 2.24) is 5.32 Å². The Morgan fingerprint density at radius 2 is 2.06 bits per heavy atom. The highest BCUT2D eigenvalue weighted by molar-refractivity contribution is 5.77. The summed E-state index contributed by atoms with van der Waals surface area (Å²) in [7, 11) is 0. The van der Waals surface area contributed by atoms with Gasteiger partial charge in [-0.1, -0.05) is 19.3 Å². The molecule has 18 heavy (non-hydrogen) atoms. The van der Waals surface area contributed by atoms with Crippen molar-refractivity contribution >= 4 is 5.91 Å². The van der Waals surface area contributed by atoms with Gasteiger partial charge in [-0.05, 0) is 38.6 Å². The van der Waals surface area contributed by atoms with E-state index in [1.54, 1.807) is 0 Å². The van der Waals surface area contributed by atoms with Crippen LogP contribution in [0.3, 0.4) is 0 Å². The van der Waals surface area contributed by atoms with Gasteiger partial charge < -0.3 is 15.8 Å². The lowest BCUT2D eigenvalue weighted by atomic mass is 9.71. The number of ether oxygens (including phenoxy) is 1. The fraction of sp³-hybridized carbons (Fsp3) is 0.929. The highest BCUT2D eigenvalue weighted by Gasteiger charge is 2.33. The average Bonchev–Trinajstić information content (AvgIpc) is 2.37. The van der Waals surface area contributed by atoms with Crippen molar-refractivity contribution in [1.29, 1.82) is 0 Å². The zero-order chi connectivity index (χ0) is 13.4. The predicted molar refractivity (Wildman–Crippen MR) is 73.3 cm³/mol. The van der Waals surface area contributed by atoms with Crippen molar-refractivity contribution in [3.05, 3.63) is 0 Å². The Labute approximate surface area is 111 Å². The highest BCUT2D eigenvalue weighted by Crippen LogP contribution is 2.38. The van der Waals surface area contributed by atoms with Gasteiger partial charge in [-0.2, -0.15) is 0 Å². The molecule has 1 saturated carbocycles. The summed E-state index contributed by atoms with van der Waals surface area (Å²) in [6.45, 7) is 5.83. The molecule has 0 radical (unpaired) electrons. The molecule has 0 aromatic rings. The Balaban J connectivity index is 2.37. The van der Waals surface area contributed by atoms with Crippen LogP contribution >= 0.6 is 0 Å². The number of carbonyl (C=O) groups is 1. The molecular weight excluding hydrogens is 228 g/mol. The van der Waals surface area contributed by atoms with Crippen molar-refractivity contribution in [3.63, 3.8) is 0 Å². The predicted octanol–water partition coefficient (Wildman–Crippen LogP) is 1.83. The van der Waals surface area contributed by atoms with Gasteiger partial charge in [0.25, 0.3) is 0 Å². The first-order chi connectivity index (χ1) is 8.62. The van der Waals surface area contributed by atoms with Gasteiger partial charge in [0, 0.05) is 19.1 Å². The minimum atomic E-state index is 0.0493. The molecule has 0 bridgehead atoms. The van der Waals surface area contributed by atoms with E-state index in [0.717, 1.165) is 12.8 Å². The van der Waals surface area contributed by atoms with Gasteiger partial charge in [0.15, 0.2) is 0 Å². The smallest absolute Gasteiger partial charge is 0.220 e. The molecule has 0 aromatic heterocycles. The summed E-state index contributed by atoms with van der Waals surface area (Å²) < 4.78 is 5.30. The molecule has 4 nitrogen and oxygen atoms in total. The Hall–Kier alpha value is -0.610. The first-order valence-corrected chi connectivity index (χ1v) is 7.19. The summed E-state index contributed by atoms with van der Waals surface area (Å²) in [5.74, 6) is 0.120. The van der Waals surface area contributed by atoms with Crippen LogP contribution in [0.1, 0.15) is 52.4 Å². The van der Waals surface area contributed by atoms with E-state index >= 15 is 0 Å². The van der Waals surface area contributed by atoms with Crippen molar-refractivity contribution in [3.8, 4) is 0 Å². The fourth-order valence-electron chi connectivity index (χ4n) is 2.76. The Bertz CT molecular complexity index is 250. The van der Waals surface area contributed by atoms with E-state index in [1.165, 1.54) is 19.3 Å². The molecule has 1 aliphatic rings. The molecule has 1 unspecified atom stereocenters. The van der Waals surface area contributed by atoms with E-state index < -0.39 is 0 Å². The van der Waals surface area contributed by atoms with Crippen LogP contribution in [-0.4, -0.2) is 31.7 Å². The zero-order valence-electron chi connectivity index (χ0n) is 11.8. The van der Waals surface area contributed by atoms with Crippen LogP contribution in [0.25, 0.3) is 0 Å². The van der Waals surface area contributed by atoms with E-state index in [4.69, 9.17) is 10.5 Å². The molecule has 0 saturated heterocycles. The maximum Gasteiger partial charge on any atom is 0.220 e. The van der Waals surface area contributed by atoms with Crippen LogP contribution in [-0.2, 0) is 9.53 Å². The molecule has 1 aliphatic carbocycles. The minimum Gasteiger partial charge on any atom is -0.380 e. The van der Waals surface area contributed by atoms with Crippen LogP contribution in [0.2, 0.25) is 0 Å². The number of hydrogen-bond acceptors (Lipinski definition) is 3. The van der Waals surface area contributed by atoms with Crippen molar-refractivity contribution in [2.75, 3.05) is 19.8 Å². The van der Waals surface area contributed by atoms with Crippen LogP contribution in [0.15, 0.2) is 0 Å². The number of nitrogens with one attached hydrogen (secondary N) is 1. The molecule has 1 atom stereocenters. The molecule has 0 heterocycles. The van der Waals surface area contributed by atoms with Crippen molar-refractivity contribution in [2.45, 2.75) is 58.4 Å². The van der Waals surface area contributed by atoms with Crippen molar-refractivity contribution < 1.29 is 9.53 Å². The zero-order valence-corrected chi connectivity index (χ0v) is 11.8. The van der Waals surface area contributed by atoms with Crippen LogP contribution in [0.5, 0.6) is 0 Å². The second-order valence-electron chi connectivity index (χ2n) is 5.57. The Morgan fingerprint density at radius 3 is 2.61 bits per heavy atom. The van der Waals surface area contributed by atoms with Crippen LogP contribution in [0, 0.1) is 5.41 Å². The third-order valence-corrected chi connectivity index (χ3v) is 3.86. The summed E-state index contributed by atoms with van der Waals surface area (Å²) in [4.78, 5) is 12.0. The van der Waals surface area contributed by atoms with Gasteiger partial charge in [-0.15, -0.1) is 0 Å². The molecule has 106 valence electrons. The number of amides is 1. The van der Waals surface area contributed by atoms with Gasteiger partial charge in [-0.25, -0.2) is 0 Å². The van der Waals surface area contributed by atoms with Crippen LogP contribution in [0.4, 0.5) is 0 Å². The largest absolute Gasteiger partial charge is 0.380 e. The second-order valence-corrected chi connectivity index (χ2v) is 5.57. The Morgan fingerprint density at radius 1 is 1.39 bits per heavy atom. The topological polar surface area (TPSA) is 64.3 Å². The van der Waals surface area contributed by atoms with Gasteiger partial charge in [0.2, 0.25) is 5.91 Å². The maximum absolute atomic E-state index is 12.0. The summed E-state index contributed by atoms with van der Waals surface area (Å²) in [6, 6.07) is 0.0795. The Kier molecular flexibility index (Phi) is 6.65. The van der Waals surface area contributed by atoms with E-state index in [0.29, 0.717) is 26.2 Å². The maximum atomic E-state index is 12.0. The lowest BCUT2D eigenvalue weighted by Gasteiger charge is -2.36. The van der Waals surface area contributed by atoms with Crippen LogP contribution < -0.4 is 11.1 Å². The lowest BCUT2D eigenvalue weighted by molar-refractivity contribution is -0.124. The number of carbonyl (C=O) groups excluding carboxylic acids is 1. The minimum absolute atomic E-state index is 0.0493. The van der Waals surface area contributed by atoms with Gasteiger partial charge in [-0.3, -0.25) is 4.79 Å². The third kappa shape index (κ3) is 4.94. The summed E-state index contributed by atoms with van der Waals surface area (Å²) >= 11 is 0. The number of hydrogen-bond donors (Lipinski definition) is 2. The van der Waals surface area contributed by atoms with E-state index in [-0.39, 0.29) is 17.4 Å². The highest BCUT2D eigenvalue weighted by atomic mass is 16.5. The molecule has 3 N–H and O–H groups in total. The molecule has 0 aromatic carbocycles. The van der Waals surface area contributed by atoms with Gasteiger partial charge in [0.05, 0.1) is 6.61 Å². The summed E-state index contributed by atoms with van der Waals surface area (Å²) in [6.07, 6.45) is 6.45. The number of rotatable bonds is 7. The molecule has 0 spiro atoms. The van der Waals surface area contributed by atoms with E-state index in [9.17, 15) is 4.79 Å².